The van der Waals surface area contributed by atoms with Crippen LogP contribution in [-0.4, -0.2) is 9.97 Å². The Morgan fingerprint density at radius 1 is 1.25 bits per heavy atom. The molecule has 0 atom stereocenters. The van der Waals surface area contributed by atoms with Crippen LogP contribution in [0.5, 0.6) is 0 Å². The fourth-order valence-electron chi connectivity index (χ4n) is 1.93. The molecule has 0 amide bonds. The first-order valence-corrected chi connectivity index (χ1v) is 7.19. The zero-order valence-electron chi connectivity index (χ0n) is 10.6. The maximum absolute atomic E-state index is 9.14. The van der Waals surface area contributed by atoms with Gasteiger partial charge in [0.1, 0.15) is 6.07 Å². The van der Waals surface area contributed by atoms with Gasteiger partial charge in [0, 0.05) is 9.92 Å². The van der Waals surface area contributed by atoms with Gasteiger partial charge in [0.05, 0.1) is 16.6 Å². The second-order valence-electron chi connectivity index (χ2n) is 4.42. The first-order valence-electron chi connectivity index (χ1n) is 5.99. The Labute approximate surface area is 125 Å². The monoisotopic (exact) mass is 299 g/mol. The lowest BCUT2D eigenvalue weighted by atomic mass is 10.2. The lowest BCUT2D eigenvalue weighted by Gasteiger charge is -2.01. The Morgan fingerprint density at radius 2 is 2.10 bits per heavy atom. The van der Waals surface area contributed by atoms with E-state index in [2.05, 4.69) is 22.1 Å². The molecule has 1 aromatic heterocycles. The molecular formula is C15H10ClN3S. The molecule has 0 saturated heterocycles. The number of aryl methyl sites for hydroxylation is 1. The normalized spacial score (nSPS) is 10.7. The third-order valence-corrected chi connectivity index (χ3v) is 4.08. The van der Waals surface area contributed by atoms with E-state index in [4.69, 9.17) is 16.9 Å². The number of nitrogens with zero attached hydrogens (tertiary/aromatic N) is 2. The molecule has 0 radical (unpaired) electrons. The van der Waals surface area contributed by atoms with E-state index in [1.165, 1.54) is 17.3 Å². The number of nitriles is 1. The molecule has 5 heteroatoms. The molecule has 0 aliphatic rings. The molecular weight excluding hydrogens is 290 g/mol. The number of nitrogens with one attached hydrogen (secondary N) is 1. The van der Waals surface area contributed by atoms with Crippen LogP contribution in [0.15, 0.2) is 46.5 Å². The summed E-state index contributed by atoms with van der Waals surface area (Å²) in [5, 5.41) is 10.5. The predicted molar refractivity (Wildman–Crippen MR) is 81.1 cm³/mol. The van der Waals surface area contributed by atoms with Gasteiger partial charge >= 0.3 is 0 Å². The van der Waals surface area contributed by atoms with E-state index in [0.717, 1.165) is 21.1 Å². The molecule has 98 valence electrons. The van der Waals surface area contributed by atoms with Crippen molar-refractivity contribution in [3.05, 3.63) is 52.5 Å². The molecule has 1 N–H and O–H groups in total. The molecule has 3 rings (SSSR count). The van der Waals surface area contributed by atoms with Crippen LogP contribution in [0.4, 0.5) is 0 Å². The molecule has 0 unspecified atom stereocenters. The van der Waals surface area contributed by atoms with Gasteiger partial charge in [-0.1, -0.05) is 29.4 Å². The number of hydrogen-bond donors (Lipinski definition) is 1. The molecule has 3 nitrogen and oxygen atoms in total. The number of halogens is 1. The number of H-pyrrole nitrogens is 1. The fraction of sp³-hybridized carbons (Fsp3) is 0.0667. The third-order valence-electron chi connectivity index (χ3n) is 2.88. The Hall–Kier alpha value is -1.96. The Morgan fingerprint density at radius 3 is 2.90 bits per heavy atom. The van der Waals surface area contributed by atoms with E-state index >= 15 is 0 Å². The maximum Gasteiger partial charge on any atom is 0.171 e. The lowest BCUT2D eigenvalue weighted by molar-refractivity contribution is 1.08. The summed E-state index contributed by atoms with van der Waals surface area (Å²) in [4.78, 5) is 8.61. The van der Waals surface area contributed by atoms with Crippen molar-refractivity contribution < 1.29 is 0 Å². The Balaban J connectivity index is 1.99. The van der Waals surface area contributed by atoms with Gasteiger partial charge < -0.3 is 4.98 Å². The van der Waals surface area contributed by atoms with Gasteiger partial charge in [0.15, 0.2) is 5.16 Å². The largest absolute Gasteiger partial charge is 0.333 e. The fourth-order valence-corrected chi connectivity index (χ4v) is 2.97. The zero-order valence-corrected chi connectivity index (χ0v) is 12.2. The summed E-state index contributed by atoms with van der Waals surface area (Å²) >= 11 is 7.33. The van der Waals surface area contributed by atoms with E-state index in [-0.39, 0.29) is 0 Å². The van der Waals surface area contributed by atoms with Crippen molar-refractivity contribution in [3.63, 3.8) is 0 Å². The summed E-state index contributed by atoms with van der Waals surface area (Å²) in [6, 6.07) is 13.5. The van der Waals surface area contributed by atoms with Crippen LogP contribution in [0.3, 0.4) is 0 Å². The summed E-state index contributed by atoms with van der Waals surface area (Å²) in [7, 11) is 0. The van der Waals surface area contributed by atoms with Crippen molar-refractivity contribution in [1.29, 1.82) is 5.26 Å². The van der Waals surface area contributed by atoms with Gasteiger partial charge in [-0.05, 0) is 42.8 Å². The number of rotatable bonds is 2. The van der Waals surface area contributed by atoms with Crippen molar-refractivity contribution in [1.82, 2.24) is 9.97 Å². The number of benzene rings is 2. The molecule has 0 spiro atoms. The van der Waals surface area contributed by atoms with Gasteiger partial charge in [0.2, 0.25) is 0 Å². The summed E-state index contributed by atoms with van der Waals surface area (Å²) in [5.74, 6) is 0. The van der Waals surface area contributed by atoms with Gasteiger partial charge in [-0.2, -0.15) is 5.26 Å². The van der Waals surface area contributed by atoms with E-state index < -0.39 is 0 Å². The van der Waals surface area contributed by atoms with Crippen LogP contribution in [0.2, 0.25) is 5.02 Å². The number of aromatic amines is 1. The summed E-state index contributed by atoms with van der Waals surface area (Å²) in [6.07, 6.45) is 0. The first kappa shape index (κ1) is 13.0. The zero-order chi connectivity index (χ0) is 14.1. The van der Waals surface area contributed by atoms with E-state index in [1.54, 1.807) is 12.1 Å². The highest BCUT2D eigenvalue weighted by molar-refractivity contribution is 7.99. The minimum Gasteiger partial charge on any atom is -0.333 e. The summed E-state index contributed by atoms with van der Waals surface area (Å²) in [5.41, 5.74) is 3.66. The quantitative estimate of drug-likeness (QED) is 0.755. The lowest BCUT2D eigenvalue weighted by Crippen LogP contribution is -1.82. The molecule has 0 saturated carbocycles. The molecule has 3 aromatic rings. The number of fused-ring (bicyclic) bond motifs is 1. The van der Waals surface area contributed by atoms with Crippen LogP contribution in [0, 0.1) is 18.3 Å². The van der Waals surface area contributed by atoms with Crippen molar-refractivity contribution in [2.75, 3.05) is 0 Å². The smallest absolute Gasteiger partial charge is 0.171 e. The number of aromatic nitrogens is 2. The summed E-state index contributed by atoms with van der Waals surface area (Å²) in [6.45, 7) is 2.04. The molecule has 1 heterocycles. The molecule has 0 aliphatic heterocycles. The average Bonchev–Trinajstić information content (AvgIpc) is 2.82. The van der Waals surface area contributed by atoms with Gasteiger partial charge in [-0.3, -0.25) is 0 Å². The van der Waals surface area contributed by atoms with Gasteiger partial charge in [0.25, 0.3) is 0 Å². The van der Waals surface area contributed by atoms with E-state index in [1.807, 2.05) is 25.1 Å². The third kappa shape index (κ3) is 2.51. The highest BCUT2D eigenvalue weighted by Gasteiger charge is 2.09. The maximum atomic E-state index is 9.14. The molecule has 0 aliphatic carbocycles. The van der Waals surface area contributed by atoms with Crippen LogP contribution in [0.25, 0.3) is 11.0 Å². The minimum atomic E-state index is 0.555. The minimum absolute atomic E-state index is 0.555. The topological polar surface area (TPSA) is 52.5 Å². The number of hydrogen-bond acceptors (Lipinski definition) is 3. The Bertz CT molecular complexity index is 833. The standard InChI is InChI=1S/C15H10ClN3S/c1-9-2-4-12-13(6-9)19-15(18-12)20-14-5-3-11(16)7-10(14)8-17/h2-7H,1H3,(H,18,19). The molecule has 2 aromatic carbocycles. The Kier molecular flexibility index (Phi) is 3.39. The SMILES string of the molecule is Cc1ccc2nc(Sc3ccc(Cl)cc3C#N)[nH]c2c1. The van der Waals surface area contributed by atoms with Gasteiger partial charge in [-0.15, -0.1) is 0 Å². The van der Waals surface area contributed by atoms with Crippen molar-refractivity contribution in [2.24, 2.45) is 0 Å². The second-order valence-corrected chi connectivity index (χ2v) is 5.88. The second kappa shape index (κ2) is 5.20. The molecule has 20 heavy (non-hydrogen) atoms. The number of imidazole rings is 1. The summed E-state index contributed by atoms with van der Waals surface area (Å²) < 4.78 is 0. The van der Waals surface area contributed by atoms with E-state index in [0.29, 0.717) is 10.6 Å². The highest BCUT2D eigenvalue weighted by atomic mass is 35.5. The predicted octanol–water partition coefficient (Wildman–Crippen LogP) is 4.55. The van der Waals surface area contributed by atoms with Crippen LogP contribution < -0.4 is 0 Å². The van der Waals surface area contributed by atoms with Crippen LogP contribution in [-0.2, 0) is 0 Å². The molecule has 0 bridgehead atoms. The van der Waals surface area contributed by atoms with E-state index in [9.17, 15) is 0 Å². The van der Waals surface area contributed by atoms with Crippen molar-refractivity contribution in [2.45, 2.75) is 17.0 Å². The van der Waals surface area contributed by atoms with Gasteiger partial charge in [-0.25, -0.2) is 4.98 Å². The van der Waals surface area contributed by atoms with Crippen LogP contribution >= 0.6 is 23.4 Å². The average molecular weight is 300 g/mol. The molecule has 0 fully saturated rings. The van der Waals surface area contributed by atoms with Crippen molar-refractivity contribution >= 4 is 34.4 Å². The first-order chi connectivity index (χ1) is 9.65. The van der Waals surface area contributed by atoms with Crippen molar-refractivity contribution in [3.8, 4) is 6.07 Å². The highest BCUT2D eigenvalue weighted by Crippen LogP contribution is 2.31. The van der Waals surface area contributed by atoms with Crippen LogP contribution in [0.1, 0.15) is 11.1 Å².